The molecule has 1 saturated carbocycles. The van der Waals surface area contributed by atoms with E-state index in [2.05, 4.69) is 24.2 Å². The Kier molecular flexibility index (Phi) is 4.86. The number of carbonyl (C=O) groups excluding carboxylic acids is 1. The molecule has 1 heterocycles. The quantitative estimate of drug-likeness (QED) is 0.762. The van der Waals surface area contributed by atoms with Gasteiger partial charge < -0.3 is 15.3 Å². The summed E-state index contributed by atoms with van der Waals surface area (Å²) >= 11 is 0. The second-order valence-corrected chi connectivity index (χ2v) is 6.13. The first-order valence-electron chi connectivity index (χ1n) is 7.44. The average molecular weight is 283 g/mol. The van der Waals surface area contributed by atoms with Gasteiger partial charge in [0.15, 0.2) is 0 Å². The Hall–Kier alpha value is -1.30. The summed E-state index contributed by atoms with van der Waals surface area (Å²) in [7, 11) is 2.10. The first-order chi connectivity index (χ1) is 9.47. The molecule has 2 unspecified atom stereocenters. The van der Waals surface area contributed by atoms with Crippen LogP contribution in [0.5, 0.6) is 0 Å². The number of hydrogen-bond acceptors (Lipinski definition) is 3. The smallest absolute Gasteiger partial charge is 0.317 e. The molecule has 0 aromatic heterocycles. The normalized spacial score (nSPS) is 23.9. The van der Waals surface area contributed by atoms with Gasteiger partial charge in [0.05, 0.1) is 0 Å². The van der Waals surface area contributed by atoms with Gasteiger partial charge in [0.1, 0.15) is 0 Å². The number of carboxylic acid groups (broad SMARTS) is 1. The van der Waals surface area contributed by atoms with Gasteiger partial charge in [-0.2, -0.15) is 0 Å². The second-order valence-electron chi connectivity index (χ2n) is 6.13. The van der Waals surface area contributed by atoms with Gasteiger partial charge in [-0.25, -0.2) is 4.79 Å². The Bertz CT molecular complexity index is 371. The molecule has 2 rings (SSSR count). The van der Waals surface area contributed by atoms with Gasteiger partial charge in [0.2, 0.25) is 0 Å². The van der Waals surface area contributed by atoms with Crippen LogP contribution in [0.4, 0.5) is 4.79 Å². The summed E-state index contributed by atoms with van der Waals surface area (Å²) in [5, 5.41) is 11.7. The van der Waals surface area contributed by atoms with Gasteiger partial charge in [-0.1, -0.05) is 0 Å². The highest BCUT2D eigenvalue weighted by Gasteiger charge is 2.30. The van der Waals surface area contributed by atoms with Crippen molar-refractivity contribution in [1.82, 2.24) is 15.1 Å². The third kappa shape index (κ3) is 4.10. The van der Waals surface area contributed by atoms with E-state index in [1.165, 1.54) is 12.8 Å². The van der Waals surface area contributed by atoms with Crippen LogP contribution >= 0.6 is 0 Å². The molecule has 2 atom stereocenters. The summed E-state index contributed by atoms with van der Waals surface area (Å²) in [6.45, 7) is 3.99. The molecule has 6 heteroatoms. The molecule has 6 nitrogen and oxygen atoms in total. The second kappa shape index (κ2) is 6.43. The van der Waals surface area contributed by atoms with E-state index in [1.807, 2.05) is 0 Å². The van der Waals surface area contributed by atoms with Crippen LogP contribution in [0.15, 0.2) is 0 Å². The lowest BCUT2D eigenvalue weighted by Crippen LogP contribution is -2.45. The van der Waals surface area contributed by atoms with E-state index in [1.54, 1.807) is 4.90 Å². The molecule has 0 aromatic carbocycles. The molecule has 0 radical (unpaired) electrons. The monoisotopic (exact) mass is 283 g/mol. The number of likely N-dealkylation sites (N-methyl/N-ethyl adjacent to an activating group) is 1. The third-order valence-electron chi connectivity index (χ3n) is 4.40. The van der Waals surface area contributed by atoms with Crippen molar-refractivity contribution in [2.24, 2.45) is 5.92 Å². The van der Waals surface area contributed by atoms with Crippen molar-refractivity contribution in [3.05, 3.63) is 0 Å². The minimum absolute atomic E-state index is 0.0612. The zero-order valence-electron chi connectivity index (χ0n) is 12.3. The number of amides is 2. The lowest BCUT2D eigenvalue weighted by atomic mass is 10.1. The van der Waals surface area contributed by atoms with Gasteiger partial charge in [-0.15, -0.1) is 0 Å². The molecular weight excluding hydrogens is 258 g/mol. The number of hydrogen-bond donors (Lipinski definition) is 2. The zero-order valence-corrected chi connectivity index (χ0v) is 12.3. The summed E-state index contributed by atoms with van der Waals surface area (Å²) in [6, 6.07) is 0.964. The lowest BCUT2D eigenvalue weighted by molar-refractivity contribution is -0.138. The Morgan fingerprint density at radius 3 is 2.70 bits per heavy atom. The maximum absolute atomic E-state index is 12.0. The van der Waals surface area contributed by atoms with Crippen molar-refractivity contribution in [3.8, 4) is 0 Å². The van der Waals surface area contributed by atoms with Gasteiger partial charge in [0, 0.05) is 38.1 Å². The standard InChI is InChI=1S/C14H25N3O3/c1-10(16(2)12-3-4-12)8-15-14(20)17-6-5-11(9-17)7-13(18)19/h10-12H,3-9H2,1-2H3,(H,15,20)(H,18,19). The number of nitrogens with zero attached hydrogens (tertiary/aromatic N) is 2. The fourth-order valence-electron chi connectivity index (χ4n) is 2.76. The van der Waals surface area contributed by atoms with Crippen molar-refractivity contribution in [2.45, 2.75) is 44.7 Å². The van der Waals surface area contributed by atoms with Crippen LogP contribution in [0.2, 0.25) is 0 Å². The molecule has 114 valence electrons. The van der Waals surface area contributed by atoms with E-state index in [9.17, 15) is 9.59 Å². The number of likely N-dealkylation sites (tertiary alicyclic amines) is 1. The molecule has 20 heavy (non-hydrogen) atoms. The molecule has 2 aliphatic rings. The minimum Gasteiger partial charge on any atom is -0.481 e. The van der Waals surface area contributed by atoms with Crippen molar-refractivity contribution in [3.63, 3.8) is 0 Å². The van der Waals surface area contributed by atoms with Crippen molar-refractivity contribution < 1.29 is 14.7 Å². The highest BCUT2D eigenvalue weighted by atomic mass is 16.4. The SMILES string of the molecule is CC(CNC(=O)N1CCC(CC(=O)O)C1)N(C)C1CC1. The fraction of sp³-hybridized carbons (Fsp3) is 0.857. The fourth-order valence-corrected chi connectivity index (χ4v) is 2.76. The highest BCUT2D eigenvalue weighted by Crippen LogP contribution is 2.26. The van der Waals surface area contributed by atoms with Gasteiger partial charge >= 0.3 is 12.0 Å². The summed E-state index contributed by atoms with van der Waals surface area (Å²) < 4.78 is 0. The number of aliphatic carboxylic acids is 1. The summed E-state index contributed by atoms with van der Waals surface area (Å²) in [6.07, 6.45) is 3.47. The first-order valence-corrected chi connectivity index (χ1v) is 7.44. The molecule has 1 aliphatic carbocycles. The molecule has 0 spiro atoms. The highest BCUT2D eigenvalue weighted by molar-refractivity contribution is 5.74. The Morgan fingerprint density at radius 1 is 1.40 bits per heavy atom. The summed E-state index contributed by atoms with van der Waals surface area (Å²) in [5.41, 5.74) is 0. The van der Waals surface area contributed by atoms with Crippen LogP contribution in [0.3, 0.4) is 0 Å². The predicted molar refractivity (Wildman–Crippen MR) is 75.6 cm³/mol. The Balaban J connectivity index is 1.68. The van der Waals surface area contributed by atoms with Crippen LogP contribution in [0.1, 0.15) is 32.6 Å². The molecule has 2 amide bonds. The van der Waals surface area contributed by atoms with E-state index in [0.29, 0.717) is 31.7 Å². The molecular formula is C14H25N3O3. The van der Waals surface area contributed by atoms with Crippen LogP contribution in [0, 0.1) is 5.92 Å². The van der Waals surface area contributed by atoms with Crippen LogP contribution in [-0.2, 0) is 4.79 Å². The number of rotatable bonds is 6. The molecule has 2 N–H and O–H groups in total. The molecule has 2 fully saturated rings. The summed E-state index contributed by atoms with van der Waals surface area (Å²) in [5.74, 6) is -0.679. The largest absolute Gasteiger partial charge is 0.481 e. The maximum atomic E-state index is 12.0. The third-order valence-corrected chi connectivity index (χ3v) is 4.40. The summed E-state index contributed by atoms with van der Waals surface area (Å²) in [4.78, 5) is 26.8. The van der Waals surface area contributed by atoms with Gasteiger partial charge in [-0.05, 0) is 39.2 Å². The van der Waals surface area contributed by atoms with Gasteiger partial charge in [-0.3, -0.25) is 9.69 Å². The minimum atomic E-state index is -0.781. The topological polar surface area (TPSA) is 72.9 Å². The molecule has 1 saturated heterocycles. The number of nitrogens with one attached hydrogen (secondary N) is 1. The number of urea groups is 1. The van der Waals surface area contributed by atoms with E-state index in [-0.39, 0.29) is 18.4 Å². The van der Waals surface area contributed by atoms with E-state index in [4.69, 9.17) is 5.11 Å². The predicted octanol–water partition coefficient (Wildman–Crippen LogP) is 0.975. The zero-order chi connectivity index (χ0) is 14.7. The molecule has 0 aromatic rings. The number of carboxylic acids is 1. The maximum Gasteiger partial charge on any atom is 0.317 e. The van der Waals surface area contributed by atoms with Crippen LogP contribution in [-0.4, -0.2) is 65.7 Å². The van der Waals surface area contributed by atoms with Crippen molar-refractivity contribution >= 4 is 12.0 Å². The molecule has 0 bridgehead atoms. The number of carbonyl (C=O) groups is 2. The van der Waals surface area contributed by atoms with Gasteiger partial charge in [0.25, 0.3) is 0 Å². The lowest BCUT2D eigenvalue weighted by Gasteiger charge is -2.26. The van der Waals surface area contributed by atoms with E-state index in [0.717, 1.165) is 6.42 Å². The molecule has 1 aliphatic heterocycles. The van der Waals surface area contributed by atoms with Crippen molar-refractivity contribution in [2.75, 3.05) is 26.7 Å². The van der Waals surface area contributed by atoms with E-state index >= 15 is 0 Å². The van der Waals surface area contributed by atoms with Crippen LogP contribution < -0.4 is 5.32 Å². The van der Waals surface area contributed by atoms with Crippen molar-refractivity contribution in [1.29, 1.82) is 0 Å². The Labute approximate surface area is 120 Å². The first kappa shape index (κ1) is 15.1. The van der Waals surface area contributed by atoms with E-state index < -0.39 is 5.97 Å². The average Bonchev–Trinajstić information content (AvgIpc) is 3.14. The van der Waals surface area contributed by atoms with Crippen LogP contribution in [0.25, 0.3) is 0 Å². The Morgan fingerprint density at radius 2 is 2.10 bits per heavy atom.